The summed E-state index contributed by atoms with van der Waals surface area (Å²) in [4.78, 5) is 23.3. The van der Waals surface area contributed by atoms with Crippen LogP contribution in [0.1, 0.15) is 39.7 Å². The normalized spacial score (nSPS) is 11.6. The van der Waals surface area contributed by atoms with E-state index in [0.717, 1.165) is 11.3 Å². The van der Waals surface area contributed by atoms with E-state index in [1.54, 1.807) is 34.8 Å². The topological polar surface area (TPSA) is 89.0 Å². The van der Waals surface area contributed by atoms with Crippen LogP contribution in [0.3, 0.4) is 0 Å². The SMILES string of the molecule is COc1ccc(CNC(=O)C/C(C)=N\NC(=O)OC(C)(C)C)cc1. The maximum atomic E-state index is 11.9. The van der Waals surface area contributed by atoms with Crippen LogP contribution in [0.15, 0.2) is 29.4 Å². The van der Waals surface area contributed by atoms with Crippen molar-refractivity contribution in [2.75, 3.05) is 7.11 Å². The van der Waals surface area contributed by atoms with Crippen LogP contribution >= 0.6 is 0 Å². The first-order valence-electron chi connectivity index (χ1n) is 7.61. The third-order valence-electron chi connectivity index (χ3n) is 2.80. The molecule has 0 bridgehead atoms. The lowest BCUT2D eigenvalue weighted by Gasteiger charge is -2.18. The molecule has 0 saturated heterocycles. The average molecular weight is 335 g/mol. The quantitative estimate of drug-likeness (QED) is 0.618. The van der Waals surface area contributed by atoms with Crippen molar-refractivity contribution in [1.29, 1.82) is 0 Å². The van der Waals surface area contributed by atoms with Crippen LogP contribution in [0.2, 0.25) is 0 Å². The molecule has 7 nitrogen and oxygen atoms in total. The molecule has 0 heterocycles. The van der Waals surface area contributed by atoms with Crippen molar-refractivity contribution in [3.8, 4) is 5.75 Å². The van der Waals surface area contributed by atoms with Gasteiger partial charge < -0.3 is 14.8 Å². The van der Waals surface area contributed by atoms with E-state index in [4.69, 9.17) is 9.47 Å². The van der Waals surface area contributed by atoms with Crippen LogP contribution in [0.5, 0.6) is 5.75 Å². The second-order valence-corrected chi connectivity index (χ2v) is 6.26. The van der Waals surface area contributed by atoms with Crippen LogP contribution in [0, 0.1) is 0 Å². The molecule has 0 aromatic heterocycles. The summed E-state index contributed by atoms with van der Waals surface area (Å²) in [6, 6.07) is 7.42. The van der Waals surface area contributed by atoms with Gasteiger partial charge in [0, 0.05) is 12.3 Å². The summed E-state index contributed by atoms with van der Waals surface area (Å²) in [5.74, 6) is 0.583. The Morgan fingerprint density at radius 2 is 1.79 bits per heavy atom. The Hall–Kier alpha value is -2.57. The van der Waals surface area contributed by atoms with Gasteiger partial charge in [-0.15, -0.1) is 0 Å². The minimum atomic E-state index is -0.652. The van der Waals surface area contributed by atoms with Crippen LogP contribution in [-0.2, 0) is 16.1 Å². The molecule has 1 aromatic carbocycles. The standard InChI is InChI=1S/C17H25N3O4/c1-12(19-20-16(22)24-17(2,3)4)10-15(21)18-11-13-6-8-14(23-5)9-7-13/h6-9H,10-11H2,1-5H3,(H,18,21)(H,20,22)/b19-12-. The van der Waals surface area contributed by atoms with Crippen molar-refractivity contribution in [2.24, 2.45) is 5.10 Å². The Morgan fingerprint density at radius 1 is 1.17 bits per heavy atom. The van der Waals surface area contributed by atoms with E-state index in [2.05, 4.69) is 15.8 Å². The molecule has 2 amide bonds. The molecule has 0 aliphatic carbocycles. The van der Waals surface area contributed by atoms with Crippen molar-refractivity contribution in [3.63, 3.8) is 0 Å². The molecule has 24 heavy (non-hydrogen) atoms. The number of hydrazone groups is 1. The molecule has 1 aromatic rings. The molecule has 0 saturated carbocycles. The lowest BCUT2D eigenvalue weighted by atomic mass is 10.2. The zero-order valence-electron chi connectivity index (χ0n) is 14.8. The molecule has 132 valence electrons. The van der Waals surface area contributed by atoms with Crippen LogP contribution in [0.25, 0.3) is 0 Å². The molecule has 0 fully saturated rings. The minimum Gasteiger partial charge on any atom is -0.497 e. The Kier molecular flexibility index (Phi) is 7.23. The number of rotatable bonds is 6. The highest BCUT2D eigenvalue weighted by atomic mass is 16.6. The van der Waals surface area contributed by atoms with Gasteiger partial charge >= 0.3 is 6.09 Å². The Bertz CT molecular complexity index is 589. The lowest BCUT2D eigenvalue weighted by molar-refractivity contribution is -0.120. The van der Waals surface area contributed by atoms with Crippen molar-refractivity contribution in [1.82, 2.24) is 10.7 Å². The van der Waals surface area contributed by atoms with Gasteiger partial charge in [0.05, 0.1) is 13.5 Å². The largest absolute Gasteiger partial charge is 0.497 e. The van der Waals surface area contributed by atoms with Gasteiger partial charge in [-0.3, -0.25) is 4.79 Å². The van der Waals surface area contributed by atoms with E-state index in [1.165, 1.54) is 0 Å². The fourth-order valence-corrected chi connectivity index (χ4v) is 1.72. The summed E-state index contributed by atoms with van der Waals surface area (Å²) in [6.07, 6.45) is -0.563. The predicted molar refractivity (Wildman–Crippen MR) is 91.9 cm³/mol. The summed E-state index contributed by atoms with van der Waals surface area (Å²) < 4.78 is 10.1. The Balaban J connectivity index is 2.37. The number of hydrogen-bond acceptors (Lipinski definition) is 5. The van der Waals surface area contributed by atoms with Crippen LogP contribution in [0.4, 0.5) is 4.79 Å². The molecule has 0 radical (unpaired) electrons. The van der Waals surface area contributed by atoms with Gasteiger partial charge in [0.15, 0.2) is 0 Å². The molecule has 7 heteroatoms. The number of nitrogens with one attached hydrogen (secondary N) is 2. The number of amides is 2. The van der Waals surface area contributed by atoms with Gasteiger partial charge in [0.1, 0.15) is 11.4 Å². The van der Waals surface area contributed by atoms with Gasteiger partial charge in [-0.25, -0.2) is 10.2 Å². The number of methoxy groups -OCH3 is 1. The van der Waals surface area contributed by atoms with Crippen LogP contribution in [-0.4, -0.2) is 30.4 Å². The summed E-state index contributed by atoms with van der Waals surface area (Å²) in [5.41, 5.74) is 3.11. The Labute approximate surface area is 142 Å². The third kappa shape index (κ3) is 8.17. The highest BCUT2D eigenvalue weighted by Crippen LogP contribution is 2.11. The number of carbonyl (C=O) groups is 2. The number of carbonyl (C=O) groups excluding carboxylic acids is 2. The molecule has 0 unspecified atom stereocenters. The van der Waals surface area contributed by atoms with E-state index >= 15 is 0 Å². The van der Waals surface area contributed by atoms with Crippen molar-refractivity contribution < 1.29 is 19.1 Å². The van der Waals surface area contributed by atoms with Gasteiger partial charge in [-0.2, -0.15) is 5.10 Å². The predicted octanol–water partition coefficient (Wildman–Crippen LogP) is 2.60. The minimum absolute atomic E-state index is 0.0892. The Morgan fingerprint density at radius 3 is 2.33 bits per heavy atom. The molecule has 0 aliphatic rings. The highest BCUT2D eigenvalue weighted by molar-refractivity contribution is 5.99. The maximum Gasteiger partial charge on any atom is 0.428 e. The summed E-state index contributed by atoms with van der Waals surface area (Å²) >= 11 is 0. The van der Waals surface area contributed by atoms with E-state index in [-0.39, 0.29) is 12.3 Å². The molecule has 0 aliphatic heterocycles. The molecule has 0 atom stereocenters. The maximum absolute atomic E-state index is 11.9. The van der Waals surface area contributed by atoms with Gasteiger partial charge in [0.2, 0.25) is 5.91 Å². The highest BCUT2D eigenvalue weighted by Gasteiger charge is 2.15. The van der Waals surface area contributed by atoms with E-state index in [0.29, 0.717) is 12.3 Å². The molecular weight excluding hydrogens is 310 g/mol. The van der Waals surface area contributed by atoms with E-state index in [9.17, 15) is 9.59 Å². The summed E-state index contributed by atoms with van der Waals surface area (Å²) in [7, 11) is 1.60. The number of nitrogens with zero attached hydrogens (tertiary/aromatic N) is 1. The molecule has 1 rings (SSSR count). The first-order valence-corrected chi connectivity index (χ1v) is 7.61. The average Bonchev–Trinajstić information content (AvgIpc) is 2.50. The molecule has 0 spiro atoms. The van der Waals surface area contributed by atoms with Crippen molar-refractivity contribution in [3.05, 3.63) is 29.8 Å². The summed E-state index contributed by atoms with van der Waals surface area (Å²) in [6.45, 7) is 7.35. The van der Waals surface area contributed by atoms with Crippen molar-refractivity contribution in [2.45, 2.75) is 46.3 Å². The first-order chi connectivity index (χ1) is 11.2. The van der Waals surface area contributed by atoms with Gasteiger partial charge in [0.25, 0.3) is 0 Å². The monoisotopic (exact) mass is 335 g/mol. The zero-order chi connectivity index (χ0) is 18.2. The first kappa shape index (κ1) is 19.5. The second kappa shape index (κ2) is 8.90. The second-order valence-electron chi connectivity index (χ2n) is 6.26. The molecule has 2 N–H and O–H groups in total. The smallest absolute Gasteiger partial charge is 0.428 e. The van der Waals surface area contributed by atoms with Gasteiger partial charge in [-0.1, -0.05) is 12.1 Å². The van der Waals surface area contributed by atoms with Crippen molar-refractivity contribution >= 4 is 17.7 Å². The number of benzene rings is 1. The number of ether oxygens (including phenoxy) is 2. The fourth-order valence-electron chi connectivity index (χ4n) is 1.72. The summed E-state index contributed by atoms with van der Waals surface area (Å²) in [5, 5.41) is 6.63. The molecular formula is C17H25N3O4. The third-order valence-corrected chi connectivity index (χ3v) is 2.80. The van der Waals surface area contributed by atoms with E-state index < -0.39 is 11.7 Å². The lowest BCUT2D eigenvalue weighted by Crippen LogP contribution is -2.31. The zero-order valence-corrected chi connectivity index (χ0v) is 14.8. The fraction of sp³-hybridized carbons (Fsp3) is 0.471. The number of hydrogen-bond donors (Lipinski definition) is 2. The van der Waals surface area contributed by atoms with Gasteiger partial charge in [-0.05, 0) is 45.4 Å². The van der Waals surface area contributed by atoms with Crippen LogP contribution < -0.4 is 15.5 Å². The van der Waals surface area contributed by atoms with E-state index in [1.807, 2.05) is 24.3 Å².